The fourth-order valence-corrected chi connectivity index (χ4v) is 8.40. The van der Waals surface area contributed by atoms with Crippen LogP contribution in [0, 0.1) is 0 Å². The van der Waals surface area contributed by atoms with E-state index in [1.54, 1.807) is 39.8 Å². The van der Waals surface area contributed by atoms with Crippen LogP contribution in [0.3, 0.4) is 0 Å². The van der Waals surface area contributed by atoms with E-state index in [0.29, 0.717) is 36.2 Å². The smallest absolute Gasteiger partial charge is 0.315 e. The van der Waals surface area contributed by atoms with Gasteiger partial charge in [0.05, 0.1) is 31.2 Å². The third-order valence-corrected chi connectivity index (χ3v) is 15.7. The van der Waals surface area contributed by atoms with Crippen molar-refractivity contribution in [3.05, 3.63) is 28.8 Å². The highest BCUT2D eigenvalue weighted by Gasteiger charge is 2.49. The summed E-state index contributed by atoms with van der Waals surface area (Å²) in [5.41, 5.74) is -1.12. The van der Waals surface area contributed by atoms with Crippen molar-refractivity contribution in [3.63, 3.8) is 0 Å². The Morgan fingerprint density at radius 2 is 1.43 bits per heavy atom. The molecular weight excluding hydrogens is 578 g/mol. The number of benzene rings is 1. The van der Waals surface area contributed by atoms with E-state index >= 15 is 0 Å². The predicted octanol–water partition coefficient (Wildman–Crippen LogP) is 5.06. The minimum atomic E-state index is -3.71. The quantitative estimate of drug-likeness (QED) is 0.178. The Labute approximate surface area is 253 Å². The zero-order chi connectivity index (χ0) is 32.5. The second kappa shape index (κ2) is 12.9. The first kappa shape index (κ1) is 36.2. The van der Waals surface area contributed by atoms with E-state index < -0.39 is 52.5 Å². The highest BCUT2D eigenvalue weighted by molar-refractivity contribution is 7.90. The molecule has 240 valence electrons. The molecule has 0 N–H and O–H groups in total. The van der Waals surface area contributed by atoms with Gasteiger partial charge in [-0.3, -0.25) is 9.59 Å². The third kappa shape index (κ3) is 6.88. The molecule has 1 aromatic rings. The van der Waals surface area contributed by atoms with Crippen molar-refractivity contribution in [2.75, 3.05) is 41.2 Å². The van der Waals surface area contributed by atoms with Gasteiger partial charge in [-0.15, -0.1) is 0 Å². The van der Waals surface area contributed by atoms with Gasteiger partial charge >= 0.3 is 11.9 Å². The normalized spacial score (nSPS) is 18.9. The highest BCUT2D eigenvalue weighted by Crippen LogP contribution is 2.48. The fourth-order valence-electron chi connectivity index (χ4n) is 4.98. The van der Waals surface area contributed by atoms with Crippen LogP contribution in [-0.2, 0) is 49.1 Å². The van der Waals surface area contributed by atoms with Crippen LogP contribution in [-0.4, -0.2) is 79.4 Å². The van der Waals surface area contributed by atoms with Crippen LogP contribution < -0.4 is 4.74 Å². The summed E-state index contributed by atoms with van der Waals surface area (Å²) in [7, 11) is -2.18. The molecule has 1 aromatic carbocycles. The average molecular weight is 630 g/mol. The molecule has 1 saturated heterocycles. The first-order valence-corrected chi connectivity index (χ1v) is 18.7. The van der Waals surface area contributed by atoms with Gasteiger partial charge in [0.25, 0.3) is 0 Å². The SMILES string of the molecule is CCN1CCC(C(O[Si](C)(C)C(C)(C)C)c2cc(C(C)(C)C(=O)OC)c(OCOC)c(C(C)(C)C(=O)OC)c2)S1(=O)=O. The fraction of sp³-hybridized carbons (Fsp3) is 0.733. The molecule has 1 heterocycles. The van der Waals surface area contributed by atoms with E-state index in [4.69, 9.17) is 23.4 Å². The Kier molecular flexibility index (Phi) is 11.1. The van der Waals surface area contributed by atoms with Crippen molar-refractivity contribution < 1.29 is 41.4 Å². The highest BCUT2D eigenvalue weighted by atomic mass is 32.2. The summed E-state index contributed by atoms with van der Waals surface area (Å²) in [6, 6.07) is 3.53. The number of methoxy groups -OCH3 is 3. The molecule has 1 aliphatic rings. The number of esters is 2. The number of nitrogens with zero attached hydrogens (tertiary/aromatic N) is 1. The van der Waals surface area contributed by atoms with Gasteiger partial charge in [-0.2, -0.15) is 0 Å². The summed E-state index contributed by atoms with van der Waals surface area (Å²) >= 11 is 0. The number of carbonyl (C=O) groups excluding carboxylic acids is 2. The Hall–Kier alpha value is -1.99. The van der Waals surface area contributed by atoms with E-state index in [1.807, 2.05) is 6.92 Å². The van der Waals surface area contributed by atoms with E-state index in [1.165, 1.54) is 25.6 Å². The first-order valence-electron chi connectivity index (χ1n) is 14.3. The van der Waals surface area contributed by atoms with Crippen LogP contribution in [0.1, 0.15) is 84.6 Å². The van der Waals surface area contributed by atoms with Crippen LogP contribution in [0.5, 0.6) is 5.75 Å². The number of sulfonamides is 1. The Morgan fingerprint density at radius 3 is 1.79 bits per heavy atom. The van der Waals surface area contributed by atoms with Gasteiger partial charge < -0.3 is 23.4 Å². The van der Waals surface area contributed by atoms with Crippen molar-refractivity contribution in [1.29, 1.82) is 0 Å². The average Bonchev–Trinajstić information content (AvgIpc) is 3.21. The van der Waals surface area contributed by atoms with Gasteiger partial charge in [0.2, 0.25) is 10.0 Å². The lowest BCUT2D eigenvalue weighted by Crippen LogP contribution is -2.45. The minimum Gasteiger partial charge on any atom is -0.468 e. The molecule has 0 aromatic heterocycles. The van der Waals surface area contributed by atoms with Crippen molar-refractivity contribution in [1.82, 2.24) is 4.31 Å². The zero-order valence-corrected chi connectivity index (χ0v) is 29.5. The van der Waals surface area contributed by atoms with Gasteiger partial charge in [0.1, 0.15) is 11.0 Å². The van der Waals surface area contributed by atoms with E-state index in [0.717, 1.165) is 0 Å². The molecule has 2 rings (SSSR count). The molecule has 1 fully saturated rings. The van der Waals surface area contributed by atoms with Crippen LogP contribution in [0.25, 0.3) is 0 Å². The predicted molar refractivity (Wildman–Crippen MR) is 165 cm³/mol. The molecule has 0 spiro atoms. The molecule has 42 heavy (non-hydrogen) atoms. The molecule has 0 bridgehead atoms. The summed E-state index contributed by atoms with van der Waals surface area (Å²) in [5, 5.41) is -1.08. The lowest BCUT2D eigenvalue weighted by molar-refractivity contribution is -0.146. The van der Waals surface area contributed by atoms with Crippen LogP contribution in [0.2, 0.25) is 18.1 Å². The first-order chi connectivity index (χ1) is 19.1. The Balaban J connectivity index is 3.09. The number of rotatable bonds is 12. The summed E-state index contributed by atoms with van der Waals surface area (Å²) in [4.78, 5) is 26.3. The second-order valence-corrected chi connectivity index (χ2v) is 20.3. The molecular formula is C30H51NO9SSi. The summed E-state index contributed by atoms with van der Waals surface area (Å²) in [6.45, 7) is 19.6. The number of hydrogen-bond donors (Lipinski definition) is 0. The molecule has 0 amide bonds. The monoisotopic (exact) mass is 629 g/mol. The van der Waals surface area contributed by atoms with Gasteiger partial charge in [-0.05, 0) is 69.9 Å². The van der Waals surface area contributed by atoms with E-state index in [9.17, 15) is 18.0 Å². The van der Waals surface area contributed by atoms with Crippen LogP contribution in [0.15, 0.2) is 12.1 Å². The Morgan fingerprint density at radius 1 is 0.952 bits per heavy atom. The van der Waals surface area contributed by atoms with Crippen molar-refractivity contribution in [2.24, 2.45) is 0 Å². The summed E-state index contributed by atoms with van der Waals surface area (Å²) in [6.07, 6.45) is -0.494. The summed E-state index contributed by atoms with van der Waals surface area (Å²) < 4.78 is 57.7. The standard InChI is InChI=1S/C30H51NO9SSi/c1-14-31-16-15-23(41(31,34)35)24(40-42(12,13)28(2,3)4)20-17-21(29(5,6)26(32)37-10)25(39-19-36-9)22(18-20)30(7,8)27(33)38-11/h17-18,23-24H,14-16,19H2,1-13H3. The number of ether oxygens (including phenoxy) is 4. The minimum absolute atomic E-state index is 0.153. The topological polar surface area (TPSA) is 118 Å². The van der Waals surface area contributed by atoms with Crippen LogP contribution >= 0.6 is 0 Å². The lowest BCUT2D eigenvalue weighted by Gasteiger charge is -2.41. The molecule has 2 unspecified atom stereocenters. The van der Waals surface area contributed by atoms with Crippen LogP contribution in [0.4, 0.5) is 0 Å². The molecule has 2 atom stereocenters. The van der Waals surface area contributed by atoms with E-state index in [-0.39, 0.29) is 17.6 Å². The summed E-state index contributed by atoms with van der Waals surface area (Å²) in [5.74, 6) is -0.797. The maximum Gasteiger partial charge on any atom is 0.315 e. The molecule has 0 aliphatic carbocycles. The lowest BCUT2D eigenvalue weighted by atomic mass is 9.76. The molecule has 0 radical (unpaired) electrons. The molecule has 10 nitrogen and oxygen atoms in total. The second-order valence-electron chi connectivity index (χ2n) is 13.4. The third-order valence-electron chi connectivity index (χ3n) is 8.82. The maximum atomic E-state index is 13.8. The van der Waals surface area contributed by atoms with Gasteiger partial charge in [0, 0.05) is 31.3 Å². The number of carbonyl (C=O) groups is 2. The Bertz CT molecular complexity index is 1200. The maximum absolute atomic E-state index is 13.8. The van der Waals surface area contributed by atoms with Crippen molar-refractivity contribution >= 4 is 30.3 Å². The molecule has 12 heteroatoms. The van der Waals surface area contributed by atoms with E-state index in [2.05, 4.69) is 33.9 Å². The largest absolute Gasteiger partial charge is 0.468 e. The van der Waals surface area contributed by atoms with Gasteiger partial charge in [-0.1, -0.05) is 27.7 Å². The molecule has 0 saturated carbocycles. The number of hydrogen-bond acceptors (Lipinski definition) is 9. The van der Waals surface area contributed by atoms with Crippen molar-refractivity contribution in [2.45, 2.75) is 102 Å². The van der Waals surface area contributed by atoms with Gasteiger partial charge in [0.15, 0.2) is 15.1 Å². The van der Waals surface area contributed by atoms with Crippen molar-refractivity contribution in [3.8, 4) is 5.75 Å². The zero-order valence-electron chi connectivity index (χ0n) is 27.7. The van der Waals surface area contributed by atoms with Gasteiger partial charge in [-0.25, -0.2) is 12.7 Å². The molecule has 1 aliphatic heterocycles.